The van der Waals surface area contributed by atoms with Crippen molar-refractivity contribution in [3.8, 4) is 0 Å². The van der Waals surface area contributed by atoms with E-state index in [9.17, 15) is 4.79 Å². The van der Waals surface area contributed by atoms with E-state index in [4.69, 9.17) is 11.6 Å². The molecular weight excluding hydrogens is 280 g/mol. The van der Waals surface area contributed by atoms with Gasteiger partial charge in [-0.05, 0) is 35.2 Å². The summed E-state index contributed by atoms with van der Waals surface area (Å²) in [5, 5.41) is 0.812. The van der Waals surface area contributed by atoms with Crippen molar-refractivity contribution in [1.82, 2.24) is 4.98 Å². The second kappa shape index (κ2) is 5.76. The van der Waals surface area contributed by atoms with Crippen molar-refractivity contribution in [1.29, 1.82) is 0 Å². The normalized spacial score (nSPS) is 23.9. The van der Waals surface area contributed by atoms with Gasteiger partial charge in [-0.3, -0.25) is 4.79 Å². The van der Waals surface area contributed by atoms with Gasteiger partial charge in [0.2, 0.25) is 0 Å². The molecular formula is C17H23BClNO. The molecule has 0 spiro atoms. The highest BCUT2D eigenvalue weighted by molar-refractivity contribution is 6.29. The van der Waals surface area contributed by atoms with E-state index in [0.29, 0.717) is 10.5 Å². The van der Waals surface area contributed by atoms with Gasteiger partial charge in [0.1, 0.15) is 13.0 Å². The predicted octanol–water partition coefficient (Wildman–Crippen LogP) is 4.12. The molecule has 2 aliphatic rings. The lowest BCUT2D eigenvalue weighted by molar-refractivity contribution is 0.112. The van der Waals surface area contributed by atoms with Gasteiger partial charge >= 0.3 is 0 Å². The highest BCUT2D eigenvalue weighted by Gasteiger charge is 2.57. The zero-order valence-corrected chi connectivity index (χ0v) is 13.6. The molecule has 0 aliphatic heterocycles. The molecule has 0 bridgehead atoms. The van der Waals surface area contributed by atoms with Crippen LogP contribution in [0, 0.1) is 0 Å². The quantitative estimate of drug-likeness (QED) is 0.478. The summed E-state index contributed by atoms with van der Waals surface area (Å²) in [7, 11) is 2.44. The number of aromatic nitrogens is 1. The summed E-state index contributed by atoms with van der Waals surface area (Å²) in [6, 6.07) is 1.95. The number of carbonyl (C=O) groups is 1. The first kappa shape index (κ1) is 15.1. The molecule has 2 fully saturated rings. The van der Waals surface area contributed by atoms with Crippen molar-refractivity contribution in [3.05, 3.63) is 28.5 Å². The Hall–Kier alpha value is -0.825. The number of hydrogen-bond acceptors (Lipinski definition) is 2. The van der Waals surface area contributed by atoms with Gasteiger partial charge in [-0.1, -0.05) is 56.5 Å². The maximum absolute atomic E-state index is 11.4. The lowest BCUT2D eigenvalue weighted by Gasteiger charge is -2.41. The minimum Gasteiger partial charge on any atom is -0.298 e. The number of aldehydes is 1. The van der Waals surface area contributed by atoms with Gasteiger partial charge in [0.15, 0.2) is 6.29 Å². The van der Waals surface area contributed by atoms with Gasteiger partial charge in [-0.15, -0.1) is 0 Å². The third-order valence-electron chi connectivity index (χ3n) is 5.91. The van der Waals surface area contributed by atoms with Crippen LogP contribution in [0.1, 0.15) is 73.7 Å². The molecule has 21 heavy (non-hydrogen) atoms. The lowest BCUT2D eigenvalue weighted by atomic mass is 9.51. The molecule has 1 aromatic rings. The van der Waals surface area contributed by atoms with Crippen LogP contribution >= 0.6 is 11.6 Å². The predicted molar refractivity (Wildman–Crippen MR) is 89.1 cm³/mol. The highest BCUT2D eigenvalue weighted by atomic mass is 35.5. The number of rotatable bonds is 3. The Morgan fingerprint density at radius 2 is 1.71 bits per heavy atom. The summed E-state index contributed by atoms with van der Waals surface area (Å²) in [6.07, 6.45) is 14.2. The Morgan fingerprint density at radius 1 is 1.10 bits per heavy atom. The van der Waals surface area contributed by atoms with Crippen LogP contribution in [0.4, 0.5) is 0 Å². The Bertz CT molecular complexity index is 534. The summed E-state index contributed by atoms with van der Waals surface area (Å²) >= 11 is 6.12. The van der Waals surface area contributed by atoms with Gasteiger partial charge < -0.3 is 0 Å². The van der Waals surface area contributed by atoms with Crippen molar-refractivity contribution >= 4 is 25.7 Å². The van der Waals surface area contributed by atoms with Crippen LogP contribution in [-0.2, 0) is 5.41 Å². The lowest BCUT2D eigenvalue weighted by Crippen LogP contribution is -2.31. The van der Waals surface area contributed by atoms with E-state index in [1.807, 2.05) is 6.07 Å². The van der Waals surface area contributed by atoms with Gasteiger partial charge in [0.05, 0.1) is 0 Å². The second-order valence-electron chi connectivity index (χ2n) is 7.12. The van der Waals surface area contributed by atoms with Crippen molar-refractivity contribution < 1.29 is 4.79 Å². The van der Waals surface area contributed by atoms with E-state index in [0.717, 1.165) is 17.4 Å². The van der Waals surface area contributed by atoms with Crippen molar-refractivity contribution in [2.24, 2.45) is 0 Å². The molecule has 1 heterocycles. The molecule has 112 valence electrons. The largest absolute Gasteiger partial charge is 0.298 e. The summed E-state index contributed by atoms with van der Waals surface area (Å²) in [5.74, 6) is 0. The summed E-state index contributed by atoms with van der Waals surface area (Å²) in [6.45, 7) is 0. The smallest absolute Gasteiger partial charge is 0.151 e. The molecule has 0 amide bonds. The highest BCUT2D eigenvalue weighted by Crippen LogP contribution is 2.67. The van der Waals surface area contributed by atoms with Crippen LogP contribution in [0.2, 0.25) is 10.5 Å². The zero-order valence-electron chi connectivity index (χ0n) is 12.8. The number of pyridine rings is 1. The second-order valence-corrected chi connectivity index (χ2v) is 7.51. The molecule has 0 saturated heterocycles. The first-order valence-electron chi connectivity index (χ1n) is 8.23. The van der Waals surface area contributed by atoms with Gasteiger partial charge in [-0.2, -0.15) is 0 Å². The molecule has 0 atom stereocenters. The fourth-order valence-electron chi connectivity index (χ4n) is 4.44. The number of nitrogens with zero attached hydrogens (tertiary/aromatic N) is 1. The van der Waals surface area contributed by atoms with Gasteiger partial charge in [0, 0.05) is 11.8 Å². The van der Waals surface area contributed by atoms with Crippen LogP contribution < -0.4 is 0 Å². The van der Waals surface area contributed by atoms with E-state index in [1.165, 1.54) is 57.8 Å². The molecule has 2 aliphatic carbocycles. The fraction of sp³-hybridized carbons (Fsp3) is 0.647. The fourth-order valence-corrected chi connectivity index (χ4v) is 4.59. The Labute approximate surface area is 133 Å². The molecule has 0 radical (unpaired) electrons. The van der Waals surface area contributed by atoms with Crippen LogP contribution in [0.3, 0.4) is 0 Å². The SMILES string of the molecule is BC1(C2(c3cc(Cl)ncc3C=O)CC2)CCCCCCC1. The minimum absolute atomic E-state index is 0.160. The number of carbonyl (C=O) groups excluding carboxylic acids is 1. The van der Waals surface area contributed by atoms with Crippen molar-refractivity contribution in [3.63, 3.8) is 0 Å². The summed E-state index contributed by atoms with van der Waals surface area (Å²) in [4.78, 5) is 15.5. The number of hydrogen-bond donors (Lipinski definition) is 0. The summed E-state index contributed by atoms with van der Waals surface area (Å²) < 4.78 is 0. The molecule has 3 rings (SSSR count). The molecule has 1 aromatic heterocycles. The minimum atomic E-state index is 0.160. The zero-order chi connectivity index (χ0) is 14.9. The monoisotopic (exact) mass is 303 g/mol. The molecule has 4 heteroatoms. The standard InChI is InChI=1S/C17H23BClNO/c18-17(6-4-2-1-3-5-7-17)16(8-9-16)14-10-15(19)20-11-13(14)12-21/h10-12H,1-9,18H2. The van der Waals surface area contributed by atoms with Crippen LogP contribution in [0.15, 0.2) is 12.3 Å². The van der Waals surface area contributed by atoms with E-state index in [2.05, 4.69) is 12.8 Å². The van der Waals surface area contributed by atoms with Crippen LogP contribution in [0.5, 0.6) is 0 Å². The third-order valence-corrected chi connectivity index (χ3v) is 6.11. The Balaban J connectivity index is 1.99. The van der Waals surface area contributed by atoms with E-state index < -0.39 is 0 Å². The van der Waals surface area contributed by atoms with Crippen molar-refractivity contribution in [2.75, 3.05) is 0 Å². The molecule has 0 unspecified atom stereocenters. The van der Waals surface area contributed by atoms with Gasteiger partial charge in [0.25, 0.3) is 0 Å². The Kier molecular flexibility index (Phi) is 4.13. The van der Waals surface area contributed by atoms with Crippen molar-refractivity contribution in [2.45, 2.75) is 68.5 Å². The average molecular weight is 304 g/mol. The first-order valence-corrected chi connectivity index (χ1v) is 8.60. The number of halogens is 1. The van der Waals surface area contributed by atoms with E-state index in [1.54, 1.807) is 6.20 Å². The molecule has 2 nitrogen and oxygen atoms in total. The topological polar surface area (TPSA) is 30.0 Å². The van der Waals surface area contributed by atoms with Crippen LogP contribution in [0.25, 0.3) is 0 Å². The first-order chi connectivity index (χ1) is 10.1. The molecule has 0 aromatic carbocycles. The van der Waals surface area contributed by atoms with E-state index in [-0.39, 0.29) is 5.41 Å². The van der Waals surface area contributed by atoms with Gasteiger partial charge in [-0.25, -0.2) is 4.98 Å². The average Bonchev–Trinajstić information content (AvgIpc) is 3.25. The Morgan fingerprint density at radius 3 is 2.29 bits per heavy atom. The maximum Gasteiger partial charge on any atom is 0.151 e. The molecule has 0 N–H and O–H groups in total. The summed E-state index contributed by atoms with van der Waals surface area (Å²) in [5.41, 5.74) is 2.05. The molecule has 2 saturated carbocycles. The maximum atomic E-state index is 11.4. The van der Waals surface area contributed by atoms with E-state index >= 15 is 0 Å². The van der Waals surface area contributed by atoms with Crippen LogP contribution in [-0.4, -0.2) is 19.1 Å². The third kappa shape index (κ3) is 2.65.